The van der Waals surface area contributed by atoms with Crippen molar-refractivity contribution in [3.8, 4) is 0 Å². The van der Waals surface area contributed by atoms with Crippen LogP contribution in [0.3, 0.4) is 0 Å². The predicted octanol–water partition coefficient (Wildman–Crippen LogP) is 1.75. The van der Waals surface area contributed by atoms with Crippen molar-refractivity contribution in [3.63, 3.8) is 0 Å². The van der Waals surface area contributed by atoms with E-state index in [9.17, 15) is 0 Å². The first-order valence-corrected chi connectivity index (χ1v) is 6.56. The highest BCUT2D eigenvalue weighted by Crippen LogP contribution is 2.17. The zero-order valence-electron chi connectivity index (χ0n) is 10.8. The van der Waals surface area contributed by atoms with Gasteiger partial charge < -0.3 is 10.2 Å². The molecular weight excluding hydrogens is 212 g/mol. The average molecular weight is 234 g/mol. The molecule has 0 radical (unpaired) electrons. The van der Waals surface area contributed by atoms with Gasteiger partial charge in [-0.1, -0.05) is 6.92 Å². The molecule has 0 aromatic carbocycles. The molecule has 4 nitrogen and oxygen atoms in total. The number of nitrogens with one attached hydrogen (secondary N) is 1. The second-order valence-electron chi connectivity index (χ2n) is 4.73. The minimum Gasteiger partial charge on any atom is -0.356 e. The number of anilines is 1. The molecule has 0 aliphatic carbocycles. The molecule has 0 amide bonds. The maximum absolute atomic E-state index is 4.34. The van der Waals surface area contributed by atoms with Crippen molar-refractivity contribution in [2.24, 2.45) is 0 Å². The Morgan fingerprint density at radius 3 is 2.76 bits per heavy atom. The summed E-state index contributed by atoms with van der Waals surface area (Å²) in [5.74, 6) is 1.08. The van der Waals surface area contributed by atoms with Crippen molar-refractivity contribution in [1.82, 2.24) is 15.3 Å². The minimum atomic E-state index is 0.689. The van der Waals surface area contributed by atoms with Gasteiger partial charge in [-0.05, 0) is 32.7 Å². The van der Waals surface area contributed by atoms with Crippen LogP contribution in [0.4, 0.5) is 5.82 Å². The molecule has 1 aliphatic rings. The van der Waals surface area contributed by atoms with E-state index in [1.807, 2.05) is 6.92 Å². The first-order chi connectivity index (χ1) is 8.29. The number of nitrogens with zero attached hydrogens (tertiary/aromatic N) is 3. The van der Waals surface area contributed by atoms with Crippen molar-refractivity contribution >= 4 is 5.82 Å². The van der Waals surface area contributed by atoms with Gasteiger partial charge in [0.15, 0.2) is 0 Å². The Morgan fingerprint density at radius 1 is 1.35 bits per heavy atom. The molecule has 1 fully saturated rings. The van der Waals surface area contributed by atoms with Crippen molar-refractivity contribution in [2.75, 3.05) is 24.5 Å². The highest BCUT2D eigenvalue weighted by molar-refractivity contribution is 5.39. The fraction of sp³-hybridized carbons (Fsp3) is 0.692. The first-order valence-electron chi connectivity index (χ1n) is 6.56. The summed E-state index contributed by atoms with van der Waals surface area (Å²) in [6, 6.07) is 2.76. The van der Waals surface area contributed by atoms with Crippen LogP contribution in [0, 0.1) is 6.92 Å². The molecule has 0 saturated carbocycles. The molecule has 94 valence electrons. The lowest BCUT2D eigenvalue weighted by Gasteiger charge is -2.33. The standard InChI is InChI=1S/C13H22N4/c1-3-6-14-12-4-7-17(8-5-12)13-9-11(2)15-10-16-13/h9-10,12,14H,3-8H2,1-2H3. The lowest BCUT2D eigenvalue weighted by Crippen LogP contribution is -2.43. The van der Waals surface area contributed by atoms with Crippen LogP contribution in [-0.2, 0) is 0 Å². The summed E-state index contributed by atoms with van der Waals surface area (Å²) in [4.78, 5) is 10.8. The highest BCUT2D eigenvalue weighted by Gasteiger charge is 2.19. The van der Waals surface area contributed by atoms with Gasteiger partial charge in [-0.3, -0.25) is 0 Å². The quantitative estimate of drug-likeness (QED) is 0.862. The number of piperidine rings is 1. The molecule has 0 bridgehead atoms. The second kappa shape index (κ2) is 5.96. The van der Waals surface area contributed by atoms with Crippen molar-refractivity contribution in [1.29, 1.82) is 0 Å². The number of aromatic nitrogens is 2. The third-order valence-electron chi connectivity index (χ3n) is 3.29. The Morgan fingerprint density at radius 2 is 2.12 bits per heavy atom. The Kier molecular flexibility index (Phi) is 4.31. The molecule has 1 saturated heterocycles. The molecule has 17 heavy (non-hydrogen) atoms. The second-order valence-corrected chi connectivity index (χ2v) is 4.73. The van der Waals surface area contributed by atoms with Gasteiger partial charge in [-0.25, -0.2) is 9.97 Å². The summed E-state index contributed by atoms with van der Waals surface area (Å²) in [5, 5.41) is 3.60. The number of aryl methyl sites for hydroxylation is 1. The van der Waals surface area contributed by atoms with E-state index in [2.05, 4.69) is 33.2 Å². The lowest BCUT2D eigenvalue weighted by molar-refractivity contribution is 0.414. The van der Waals surface area contributed by atoms with E-state index >= 15 is 0 Å². The number of hydrogen-bond donors (Lipinski definition) is 1. The van der Waals surface area contributed by atoms with E-state index in [4.69, 9.17) is 0 Å². The van der Waals surface area contributed by atoms with Crippen LogP contribution in [0.2, 0.25) is 0 Å². The smallest absolute Gasteiger partial charge is 0.132 e. The van der Waals surface area contributed by atoms with E-state index in [1.54, 1.807) is 6.33 Å². The van der Waals surface area contributed by atoms with Crippen molar-refractivity contribution in [2.45, 2.75) is 39.2 Å². The topological polar surface area (TPSA) is 41.0 Å². The van der Waals surface area contributed by atoms with E-state index < -0.39 is 0 Å². The van der Waals surface area contributed by atoms with Crippen molar-refractivity contribution < 1.29 is 0 Å². The number of rotatable bonds is 4. The van der Waals surface area contributed by atoms with Gasteiger partial charge in [0.1, 0.15) is 12.1 Å². The van der Waals surface area contributed by atoms with Crippen LogP contribution in [0.5, 0.6) is 0 Å². The molecule has 4 heteroatoms. The molecule has 1 aliphatic heterocycles. The third-order valence-corrected chi connectivity index (χ3v) is 3.29. The van der Waals surface area contributed by atoms with E-state index in [0.717, 1.165) is 31.1 Å². The molecule has 1 N–H and O–H groups in total. The molecule has 2 rings (SSSR count). The summed E-state index contributed by atoms with van der Waals surface area (Å²) in [5.41, 5.74) is 1.04. The van der Waals surface area contributed by atoms with Crippen molar-refractivity contribution in [3.05, 3.63) is 18.1 Å². The van der Waals surface area contributed by atoms with E-state index in [-0.39, 0.29) is 0 Å². The molecule has 1 aromatic rings. The molecule has 1 aromatic heterocycles. The zero-order valence-corrected chi connectivity index (χ0v) is 10.8. The average Bonchev–Trinajstić information content (AvgIpc) is 2.37. The minimum absolute atomic E-state index is 0.689. The van der Waals surface area contributed by atoms with Gasteiger partial charge in [0.05, 0.1) is 0 Å². The fourth-order valence-corrected chi connectivity index (χ4v) is 2.27. The summed E-state index contributed by atoms with van der Waals surface area (Å²) >= 11 is 0. The van der Waals surface area contributed by atoms with E-state index in [0.29, 0.717) is 6.04 Å². The fourth-order valence-electron chi connectivity index (χ4n) is 2.27. The van der Waals surface area contributed by atoms with Crippen LogP contribution in [0.25, 0.3) is 0 Å². The number of hydrogen-bond acceptors (Lipinski definition) is 4. The van der Waals surface area contributed by atoms with E-state index in [1.165, 1.54) is 19.3 Å². The Bertz CT molecular complexity index is 345. The highest BCUT2D eigenvalue weighted by atomic mass is 15.2. The maximum Gasteiger partial charge on any atom is 0.132 e. The largest absolute Gasteiger partial charge is 0.356 e. The predicted molar refractivity (Wildman–Crippen MR) is 70.3 cm³/mol. The van der Waals surface area contributed by atoms with Crippen LogP contribution < -0.4 is 10.2 Å². The summed E-state index contributed by atoms with van der Waals surface area (Å²) in [7, 11) is 0. The summed E-state index contributed by atoms with van der Waals surface area (Å²) in [6.45, 7) is 7.56. The van der Waals surface area contributed by atoms with Crippen LogP contribution in [0.15, 0.2) is 12.4 Å². The Balaban J connectivity index is 1.86. The van der Waals surface area contributed by atoms with Crippen LogP contribution >= 0.6 is 0 Å². The Hall–Kier alpha value is -1.16. The SMILES string of the molecule is CCCNC1CCN(c2cc(C)ncn2)CC1. The van der Waals surface area contributed by atoms with Crippen LogP contribution in [0.1, 0.15) is 31.9 Å². The molecule has 2 heterocycles. The van der Waals surface area contributed by atoms with Gasteiger partial charge in [-0.15, -0.1) is 0 Å². The molecule has 0 spiro atoms. The lowest BCUT2D eigenvalue weighted by atomic mass is 10.0. The van der Waals surface area contributed by atoms with Gasteiger partial charge in [0.25, 0.3) is 0 Å². The van der Waals surface area contributed by atoms with Crippen LogP contribution in [-0.4, -0.2) is 35.6 Å². The summed E-state index contributed by atoms with van der Waals surface area (Å²) < 4.78 is 0. The third kappa shape index (κ3) is 3.40. The van der Waals surface area contributed by atoms with Gasteiger partial charge in [0, 0.05) is 30.9 Å². The van der Waals surface area contributed by atoms with Gasteiger partial charge in [0.2, 0.25) is 0 Å². The zero-order chi connectivity index (χ0) is 12.1. The Labute approximate surface area is 103 Å². The molecule has 0 atom stereocenters. The normalized spacial score (nSPS) is 17.4. The summed E-state index contributed by atoms with van der Waals surface area (Å²) in [6.07, 6.45) is 5.30. The monoisotopic (exact) mass is 234 g/mol. The van der Waals surface area contributed by atoms with Gasteiger partial charge >= 0.3 is 0 Å². The van der Waals surface area contributed by atoms with Gasteiger partial charge in [-0.2, -0.15) is 0 Å². The molecule has 0 unspecified atom stereocenters. The maximum atomic E-state index is 4.34. The first kappa shape index (κ1) is 12.3. The molecular formula is C13H22N4.